The number of ether oxygens (including phenoxy) is 1. The standard InChI is InChI=1S/C17H21NO4/c1-17(2)13-6-3-12(9-13)15(17)10-22-16(19)11-4-7-14(8-5-11)18(20)21/h4-5,7-8,12-13,15H,3,6,9-10H2,1-2H3/t12-,13-,15-/m0/s1. The Hall–Kier alpha value is -1.91. The number of benzene rings is 1. The first-order valence-corrected chi connectivity index (χ1v) is 7.81. The number of esters is 1. The van der Waals surface area contributed by atoms with Gasteiger partial charge in [0.1, 0.15) is 0 Å². The summed E-state index contributed by atoms with van der Waals surface area (Å²) in [5, 5.41) is 10.6. The monoisotopic (exact) mass is 303 g/mol. The normalized spacial score (nSPS) is 28.5. The summed E-state index contributed by atoms with van der Waals surface area (Å²) in [5.41, 5.74) is 0.580. The van der Waals surface area contributed by atoms with E-state index >= 15 is 0 Å². The van der Waals surface area contributed by atoms with Crippen LogP contribution in [-0.4, -0.2) is 17.5 Å². The number of hydrogen-bond donors (Lipinski definition) is 0. The van der Waals surface area contributed by atoms with Gasteiger partial charge >= 0.3 is 5.97 Å². The van der Waals surface area contributed by atoms with Crippen molar-refractivity contribution in [1.82, 2.24) is 0 Å². The lowest BCUT2D eigenvalue weighted by Crippen LogP contribution is -2.34. The zero-order valence-electron chi connectivity index (χ0n) is 13.0. The Kier molecular flexibility index (Phi) is 3.67. The minimum atomic E-state index is -0.479. The van der Waals surface area contributed by atoms with Gasteiger partial charge in [-0.15, -0.1) is 0 Å². The van der Waals surface area contributed by atoms with Crippen molar-refractivity contribution < 1.29 is 14.5 Å². The molecule has 1 aromatic carbocycles. The molecule has 118 valence electrons. The van der Waals surface area contributed by atoms with Gasteiger partial charge in [0, 0.05) is 18.1 Å². The summed E-state index contributed by atoms with van der Waals surface area (Å²) >= 11 is 0. The Balaban J connectivity index is 1.62. The predicted molar refractivity (Wildman–Crippen MR) is 81.5 cm³/mol. The number of carbonyl (C=O) groups excluding carboxylic acids is 1. The Bertz CT molecular complexity index is 593. The molecule has 3 rings (SSSR count). The summed E-state index contributed by atoms with van der Waals surface area (Å²) in [6.07, 6.45) is 3.80. The van der Waals surface area contributed by atoms with Gasteiger partial charge in [-0.3, -0.25) is 10.1 Å². The largest absolute Gasteiger partial charge is 0.462 e. The van der Waals surface area contributed by atoms with Crippen LogP contribution in [0.5, 0.6) is 0 Å². The van der Waals surface area contributed by atoms with Crippen molar-refractivity contribution in [2.24, 2.45) is 23.2 Å². The molecule has 0 spiro atoms. The first kappa shape index (κ1) is 15.0. The fraction of sp³-hybridized carbons (Fsp3) is 0.588. The molecule has 2 fully saturated rings. The number of nitro benzene ring substituents is 1. The van der Waals surface area contributed by atoms with Gasteiger partial charge in [0.05, 0.1) is 17.1 Å². The molecule has 0 amide bonds. The van der Waals surface area contributed by atoms with Crippen LogP contribution in [0.2, 0.25) is 0 Å². The number of nitrogens with zero attached hydrogens (tertiary/aromatic N) is 1. The topological polar surface area (TPSA) is 69.4 Å². The summed E-state index contributed by atoms with van der Waals surface area (Å²) < 4.78 is 5.49. The van der Waals surface area contributed by atoms with Crippen LogP contribution in [0.15, 0.2) is 24.3 Å². The molecule has 2 bridgehead atoms. The lowest BCUT2D eigenvalue weighted by atomic mass is 9.69. The Morgan fingerprint density at radius 3 is 2.55 bits per heavy atom. The number of non-ortho nitro benzene ring substituents is 1. The van der Waals surface area contributed by atoms with Gasteiger partial charge in [-0.2, -0.15) is 0 Å². The molecule has 0 heterocycles. The molecule has 1 aromatic rings. The van der Waals surface area contributed by atoms with Gasteiger partial charge in [0.15, 0.2) is 0 Å². The van der Waals surface area contributed by atoms with Gasteiger partial charge in [-0.05, 0) is 48.6 Å². The number of fused-ring (bicyclic) bond motifs is 2. The number of nitro groups is 1. The highest BCUT2D eigenvalue weighted by Crippen LogP contribution is 2.59. The van der Waals surface area contributed by atoms with Gasteiger partial charge in [-0.1, -0.05) is 13.8 Å². The number of hydrogen-bond acceptors (Lipinski definition) is 4. The van der Waals surface area contributed by atoms with Crippen LogP contribution >= 0.6 is 0 Å². The Labute approximate surface area is 129 Å². The fourth-order valence-corrected chi connectivity index (χ4v) is 4.29. The lowest BCUT2D eigenvalue weighted by Gasteiger charge is -2.37. The third-order valence-corrected chi connectivity index (χ3v) is 5.76. The Morgan fingerprint density at radius 2 is 2.00 bits per heavy atom. The van der Waals surface area contributed by atoms with Crippen molar-refractivity contribution in [3.05, 3.63) is 39.9 Å². The van der Waals surface area contributed by atoms with Crippen LogP contribution in [0.3, 0.4) is 0 Å². The lowest BCUT2D eigenvalue weighted by molar-refractivity contribution is -0.384. The smallest absolute Gasteiger partial charge is 0.338 e. The maximum atomic E-state index is 12.1. The zero-order valence-corrected chi connectivity index (χ0v) is 13.0. The average Bonchev–Trinajstić information content (AvgIpc) is 3.05. The van der Waals surface area contributed by atoms with Crippen LogP contribution < -0.4 is 0 Å². The molecule has 0 unspecified atom stereocenters. The molecule has 22 heavy (non-hydrogen) atoms. The molecule has 0 aliphatic heterocycles. The van der Waals surface area contributed by atoms with E-state index in [4.69, 9.17) is 4.74 Å². The van der Waals surface area contributed by atoms with Crippen LogP contribution in [0.25, 0.3) is 0 Å². The van der Waals surface area contributed by atoms with Crippen LogP contribution in [-0.2, 0) is 4.74 Å². The van der Waals surface area contributed by atoms with E-state index < -0.39 is 10.9 Å². The van der Waals surface area contributed by atoms with E-state index in [9.17, 15) is 14.9 Å². The highest BCUT2D eigenvalue weighted by Gasteiger charge is 2.52. The molecule has 0 saturated heterocycles. The highest BCUT2D eigenvalue weighted by molar-refractivity contribution is 5.89. The maximum Gasteiger partial charge on any atom is 0.338 e. The van der Waals surface area contributed by atoms with Crippen molar-refractivity contribution in [3.63, 3.8) is 0 Å². The third-order valence-electron chi connectivity index (χ3n) is 5.76. The molecule has 0 aromatic heterocycles. The summed E-state index contributed by atoms with van der Waals surface area (Å²) in [4.78, 5) is 22.2. The van der Waals surface area contributed by atoms with E-state index in [0.717, 1.165) is 5.92 Å². The second-order valence-corrected chi connectivity index (χ2v) is 7.10. The second kappa shape index (κ2) is 5.38. The highest BCUT2D eigenvalue weighted by atomic mass is 16.6. The first-order valence-electron chi connectivity index (χ1n) is 7.81. The van der Waals surface area contributed by atoms with E-state index in [1.807, 2.05) is 0 Å². The fourth-order valence-electron chi connectivity index (χ4n) is 4.29. The quantitative estimate of drug-likeness (QED) is 0.481. The van der Waals surface area contributed by atoms with Crippen LogP contribution in [0.1, 0.15) is 43.5 Å². The third kappa shape index (κ3) is 2.49. The molecule has 5 nitrogen and oxygen atoms in total. The SMILES string of the molecule is CC1(C)[C@H]2CC[C@@H](C2)[C@@H]1COC(=O)c1ccc([N+](=O)[O-])cc1. The van der Waals surface area contributed by atoms with Crippen LogP contribution in [0, 0.1) is 33.3 Å². The summed E-state index contributed by atoms with van der Waals surface area (Å²) in [6, 6.07) is 5.56. The number of rotatable bonds is 4. The van der Waals surface area contributed by atoms with Crippen molar-refractivity contribution in [2.45, 2.75) is 33.1 Å². The number of carbonyl (C=O) groups is 1. The van der Waals surface area contributed by atoms with Gasteiger partial charge < -0.3 is 4.74 Å². The summed E-state index contributed by atoms with van der Waals surface area (Å²) in [7, 11) is 0. The van der Waals surface area contributed by atoms with E-state index in [1.54, 1.807) is 0 Å². The average molecular weight is 303 g/mol. The zero-order chi connectivity index (χ0) is 15.9. The second-order valence-electron chi connectivity index (χ2n) is 7.10. The Morgan fingerprint density at radius 1 is 1.32 bits per heavy atom. The summed E-state index contributed by atoms with van der Waals surface area (Å²) in [5.74, 6) is 1.45. The van der Waals surface area contributed by atoms with Crippen molar-refractivity contribution >= 4 is 11.7 Å². The molecule has 2 aliphatic rings. The maximum absolute atomic E-state index is 12.1. The van der Waals surface area contributed by atoms with Crippen molar-refractivity contribution in [1.29, 1.82) is 0 Å². The van der Waals surface area contributed by atoms with Gasteiger partial charge in [-0.25, -0.2) is 4.79 Å². The minimum Gasteiger partial charge on any atom is -0.462 e. The van der Waals surface area contributed by atoms with Gasteiger partial charge in [0.2, 0.25) is 0 Å². The molecule has 0 N–H and O–H groups in total. The predicted octanol–water partition coefficient (Wildman–Crippen LogP) is 3.82. The molecule has 5 heteroatoms. The molecule has 2 saturated carbocycles. The molecule has 0 radical (unpaired) electrons. The van der Waals surface area contributed by atoms with Gasteiger partial charge in [0.25, 0.3) is 5.69 Å². The molecular weight excluding hydrogens is 282 g/mol. The molecular formula is C17H21NO4. The first-order chi connectivity index (χ1) is 10.4. The molecule has 2 aliphatic carbocycles. The van der Waals surface area contributed by atoms with E-state index in [2.05, 4.69) is 13.8 Å². The molecule has 3 atom stereocenters. The van der Waals surface area contributed by atoms with E-state index in [1.165, 1.54) is 43.5 Å². The van der Waals surface area contributed by atoms with Crippen molar-refractivity contribution in [3.8, 4) is 0 Å². The van der Waals surface area contributed by atoms with Crippen LogP contribution in [0.4, 0.5) is 5.69 Å². The van der Waals surface area contributed by atoms with Crippen molar-refractivity contribution in [2.75, 3.05) is 6.61 Å². The minimum absolute atomic E-state index is 0.0224. The van der Waals surface area contributed by atoms with E-state index in [0.29, 0.717) is 24.0 Å². The summed E-state index contributed by atoms with van der Waals surface area (Å²) in [6.45, 7) is 5.01. The van der Waals surface area contributed by atoms with E-state index in [-0.39, 0.29) is 11.1 Å².